The highest BCUT2D eigenvalue weighted by Gasteiger charge is 2.21. The first-order chi connectivity index (χ1) is 11.5. The van der Waals surface area contributed by atoms with Crippen molar-refractivity contribution in [2.24, 2.45) is 7.05 Å². The summed E-state index contributed by atoms with van der Waals surface area (Å²) in [7, 11) is 1.80. The van der Waals surface area contributed by atoms with Crippen LogP contribution < -0.4 is 15.5 Å². The van der Waals surface area contributed by atoms with Crippen LogP contribution in [-0.4, -0.2) is 33.4 Å². The van der Waals surface area contributed by atoms with Gasteiger partial charge in [0, 0.05) is 25.8 Å². The van der Waals surface area contributed by atoms with Crippen molar-refractivity contribution in [1.29, 1.82) is 0 Å². The molecule has 128 valence electrons. The van der Waals surface area contributed by atoms with Crippen molar-refractivity contribution in [3.8, 4) is 0 Å². The first-order valence-corrected chi connectivity index (χ1v) is 8.33. The molecule has 24 heavy (non-hydrogen) atoms. The van der Waals surface area contributed by atoms with E-state index in [0.29, 0.717) is 17.4 Å². The predicted octanol–water partition coefficient (Wildman–Crippen LogP) is 3.15. The Morgan fingerprint density at radius 1 is 1.25 bits per heavy atom. The molecule has 1 fully saturated rings. The fourth-order valence-electron chi connectivity index (χ4n) is 3.13. The predicted molar refractivity (Wildman–Crippen MR) is 95.5 cm³/mol. The summed E-state index contributed by atoms with van der Waals surface area (Å²) in [4.78, 5) is 19.0. The van der Waals surface area contributed by atoms with Crippen molar-refractivity contribution < 1.29 is 4.79 Å². The SMILES string of the molecule is Cc1cc(NC(=O)Nc2cnn(C)c2)cnc1N1CCCCC1C. The maximum absolute atomic E-state index is 12.0. The number of aromatic nitrogens is 3. The molecule has 3 rings (SSSR count). The number of pyridine rings is 1. The topological polar surface area (TPSA) is 75.1 Å². The number of rotatable bonds is 3. The van der Waals surface area contributed by atoms with E-state index in [2.05, 4.69) is 32.5 Å². The van der Waals surface area contributed by atoms with Crippen molar-refractivity contribution in [3.63, 3.8) is 0 Å². The number of hydrogen-bond donors (Lipinski definition) is 2. The molecule has 1 aliphatic rings. The molecule has 0 spiro atoms. The van der Waals surface area contributed by atoms with Gasteiger partial charge in [0.25, 0.3) is 0 Å². The Kier molecular flexibility index (Phi) is 4.69. The van der Waals surface area contributed by atoms with Crippen molar-refractivity contribution in [2.75, 3.05) is 22.1 Å². The van der Waals surface area contributed by atoms with Gasteiger partial charge in [-0.1, -0.05) is 0 Å². The van der Waals surface area contributed by atoms with Crippen LogP contribution in [0, 0.1) is 6.92 Å². The molecule has 2 amide bonds. The highest BCUT2D eigenvalue weighted by Crippen LogP contribution is 2.27. The molecule has 1 aliphatic heterocycles. The molecule has 3 heterocycles. The van der Waals surface area contributed by atoms with E-state index in [1.165, 1.54) is 19.3 Å². The first-order valence-electron chi connectivity index (χ1n) is 8.33. The smallest absolute Gasteiger partial charge is 0.323 e. The largest absolute Gasteiger partial charge is 0.354 e. The van der Waals surface area contributed by atoms with Crippen LogP contribution in [0.3, 0.4) is 0 Å². The van der Waals surface area contributed by atoms with Gasteiger partial charge in [-0.3, -0.25) is 4.68 Å². The summed E-state index contributed by atoms with van der Waals surface area (Å²) in [5.74, 6) is 1.01. The Morgan fingerprint density at radius 2 is 2.04 bits per heavy atom. The van der Waals surface area contributed by atoms with Gasteiger partial charge in [0.15, 0.2) is 0 Å². The van der Waals surface area contributed by atoms with Gasteiger partial charge in [-0.2, -0.15) is 5.10 Å². The van der Waals surface area contributed by atoms with Crippen molar-refractivity contribution in [3.05, 3.63) is 30.2 Å². The summed E-state index contributed by atoms with van der Waals surface area (Å²) in [6, 6.07) is 2.17. The second-order valence-electron chi connectivity index (χ2n) is 6.38. The molecule has 0 radical (unpaired) electrons. The van der Waals surface area contributed by atoms with Crippen molar-refractivity contribution in [2.45, 2.75) is 39.2 Å². The highest BCUT2D eigenvalue weighted by molar-refractivity contribution is 5.99. The lowest BCUT2D eigenvalue weighted by Gasteiger charge is -2.35. The van der Waals surface area contributed by atoms with E-state index in [4.69, 9.17) is 0 Å². The molecule has 1 atom stereocenters. The summed E-state index contributed by atoms with van der Waals surface area (Å²) in [5.41, 5.74) is 2.41. The van der Waals surface area contributed by atoms with E-state index < -0.39 is 0 Å². The van der Waals surface area contributed by atoms with Crippen LogP contribution in [0.5, 0.6) is 0 Å². The van der Waals surface area contributed by atoms with Crippen LogP contribution in [0.1, 0.15) is 31.7 Å². The number of hydrogen-bond acceptors (Lipinski definition) is 4. The third-order valence-electron chi connectivity index (χ3n) is 4.35. The quantitative estimate of drug-likeness (QED) is 0.907. The highest BCUT2D eigenvalue weighted by atomic mass is 16.2. The molecule has 1 unspecified atom stereocenters. The van der Waals surface area contributed by atoms with E-state index in [1.54, 1.807) is 30.3 Å². The summed E-state index contributed by atoms with van der Waals surface area (Å²) in [6.07, 6.45) is 8.75. The average molecular weight is 328 g/mol. The van der Waals surface area contributed by atoms with Crippen LogP contribution in [-0.2, 0) is 7.05 Å². The van der Waals surface area contributed by atoms with Crippen LogP contribution >= 0.6 is 0 Å². The molecular weight excluding hydrogens is 304 g/mol. The van der Waals surface area contributed by atoms with E-state index in [-0.39, 0.29) is 6.03 Å². The summed E-state index contributed by atoms with van der Waals surface area (Å²) >= 11 is 0. The third-order valence-corrected chi connectivity index (χ3v) is 4.35. The zero-order valence-corrected chi connectivity index (χ0v) is 14.4. The minimum Gasteiger partial charge on any atom is -0.354 e. The molecule has 1 saturated heterocycles. The molecule has 2 aromatic rings. The van der Waals surface area contributed by atoms with Crippen molar-refractivity contribution >= 4 is 23.2 Å². The van der Waals surface area contributed by atoms with Gasteiger partial charge in [-0.05, 0) is 44.7 Å². The Labute approximate surface area is 142 Å². The maximum Gasteiger partial charge on any atom is 0.323 e. The lowest BCUT2D eigenvalue weighted by molar-refractivity contribution is 0.262. The minimum atomic E-state index is -0.303. The number of piperidine rings is 1. The molecule has 2 aromatic heterocycles. The summed E-state index contributed by atoms with van der Waals surface area (Å²) in [5, 5.41) is 9.58. The summed E-state index contributed by atoms with van der Waals surface area (Å²) in [6.45, 7) is 5.32. The molecule has 7 nitrogen and oxygen atoms in total. The lowest BCUT2D eigenvalue weighted by atomic mass is 10.0. The number of carbonyl (C=O) groups is 1. The Morgan fingerprint density at radius 3 is 2.71 bits per heavy atom. The Hall–Kier alpha value is -2.57. The normalized spacial score (nSPS) is 17.6. The van der Waals surface area contributed by atoms with Crippen LogP contribution in [0.2, 0.25) is 0 Å². The van der Waals surface area contributed by atoms with E-state index in [0.717, 1.165) is 17.9 Å². The molecular formula is C17H24N6O. The second-order valence-corrected chi connectivity index (χ2v) is 6.38. The summed E-state index contributed by atoms with van der Waals surface area (Å²) < 4.78 is 1.63. The average Bonchev–Trinajstić information content (AvgIpc) is 2.93. The molecule has 0 bridgehead atoms. The number of carbonyl (C=O) groups excluding carboxylic acids is 1. The zero-order valence-electron chi connectivity index (χ0n) is 14.4. The third kappa shape index (κ3) is 3.67. The number of aryl methyl sites for hydroxylation is 2. The zero-order chi connectivity index (χ0) is 17.1. The standard InChI is InChI=1S/C17H24N6O/c1-12-8-14(20-17(24)21-15-10-19-22(3)11-15)9-18-16(12)23-7-5-4-6-13(23)2/h8-11,13H,4-7H2,1-3H3,(H2,20,21,24). The van der Waals surface area contributed by atoms with Gasteiger partial charge in [-0.15, -0.1) is 0 Å². The molecule has 0 saturated carbocycles. The van der Waals surface area contributed by atoms with Crippen LogP contribution in [0.4, 0.5) is 22.0 Å². The van der Waals surface area contributed by atoms with Crippen LogP contribution in [0.25, 0.3) is 0 Å². The van der Waals surface area contributed by atoms with E-state index in [9.17, 15) is 4.79 Å². The molecule has 0 aromatic carbocycles. The van der Waals surface area contributed by atoms with Gasteiger partial charge in [-0.25, -0.2) is 9.78 Å². The number of nitrogens with one attached hydrogen (secondary N) is 2. The molecule has 2 N–H and O–H groups in total. The van der Waals surface area contributed by atoms with Gasteiger partial charge < -0.3 is 15.5 Å². The first kappa shape index (κ1) is 16.3. The second kappa shape index (κ2) is 6.90. The minimum absolute atomic E-state index is 0.303. The Bertz CT molecular complexity index is 726. The number of amides is 2. The van der Waals surface area contributed by atoms with E-state index >= 15 is 0 Å². The number of nitrogens with zero attached hydrogens (tertiary/aromatic N) is 4. The maximum atomic E-state index is 12.0. The molecule has 0 aliphatic carbocycles. The number of anilines is 3. The molecule has 7 heteroatoms. The monoisotopic (exact) mass is 328 g/mol. The van der Waals surface area contributed by atoms with Gasteiger partial charge in [0.05, 0.1) is 23.8 Å². The fraction of sp³-hybridized carbons (Fsp3) is 0.471. The van der Waals surface area contributed by atoms with Crippen molar-refractivity contribution in [1.82, 2.24) is 14.8 Å². The Balaban J connectivity index is 1.66. The van der Waals surface area contributed by atoms with Crippen LogP contribution in [0.15, 0.2) is 24.7 Å². The lowest BCUT2D eigenvalue weighted by Crippen LogP contribution is -2.38. The van der Waals surface area contributed by atoms with E-state index in [1.807, 2.05) is 13.0 Å². The van der Waals surface area contributed by atoms with Gasteiger partial charge >= 0.3 is 6.03 Å². The number of urea groups is 1. The van der Waals surface area contributed by atoms with Gasteiger partial charge in [0.2, 0.25) is 0 Å². The van der Waals surface area contributed by atoms with Gasteiger partial charge in [0.1, 0.15) is 5.82 Å². The fourth-order valence-corrected chi connectivity index (χ4v) is 3.13.